The number of nitrogens with one attached hydrogen (secondary N) is 2. The first-order valence-corrected chi connectivity index (χ1v) is 10.6. The summed E-state index contributed by atoms with van der Waals surface area (Å²) in [6.45, 7) is 6.51. The fourth-order valence-electron chi connectivity index (χ4n) is 3.90. The molecule has 0 bridgehead atoms. The molecule has 0 saturated carbocycles. The Hall–Kier alpha value is -2.88. The van der Waals surface area contributed by atoms with Gasteiger partial charge in [-0.05, 0) is 30.4 Å². The van der Waals surface area contributed by atoms with E-state index in [1.54, 1.807) is 0 Å². The van der Waals surface area contributed by atoms with Gasteiger partial charge in [0.25, 0.3) is 11.8 Å². The van der Waals surface area contributed by atoms with Crippen molar-refractivity contribution in [2.24, 2.45) is 11.1 Å². The zero-order valence-corrected chi connectivity index (χ0v) is 18.5. The number of carbonyl (C=O) groups excluding carboxylic acids is 3. The molecule has 1 fully saturated rings. The smallest absolute Gasteiger partial charge is 0.405 e. The molecule has 1 unspecified atom stereocenters. The molecule has 2 heterocycles. The Balaban J connectivity index is 1.89. The van der Waals surface area contributed by atoms with Crippen LogP contribution in [0.2, 0.25) is 0 Å². The van der Waals surface area contributed by atoms with E-state index in [4.69, 9.17) is 19.9 Å². The molecule has 9 nitrogen and oxygen atoms in total. The summed E-state index contributed by atoms with van der Waals surface area (Å²) in [4.78, 5) is 37.6. The summed E-state index contributed by atoms with van der Waals surface area (Å²) in [6.07, 6.45) is -0.972. The van der Waals surface area contributed by atoms with Crippen LogP contribution in [0.1, 0.15) is 46.5 Å². The summed E-state index contributed by atoms with van der Waals surface area (Å²) < 4.78 is 31.1. The number of ether oxygens (including phenoxy) is 3. The lowest BCUT2D eigenvalue weighted by molar-refractivity contribution is -0.140. The van der Waals surface area contributed by atoms with Gasteiger partial charge in [-0.15, -0.1) is 0 Å². The number of fused-ring (bicyclic) bond motifs is 1. The summed E-state index contributed by atoms with van der Waals surface area (Å²) in [5, 5.41) is 5.31. The average Bonchev–Trinajstić information content (AvgIpc) is 2.81. The molecule has 4 N–H and O–H groups in total. The number of anilines is 1. The zero-order chi connectivity index (χ0) is 23.5. The number of nitrogens with two attached hydrogens (primary N) is 1. The summed E-state index contributed by atoms with van der Waals surface area (Å²) in [6, 6.07) is 3.05. The van der Waals surface area contributed by atoms with Gasteiger partial charge in [0, 0.05) is 12.8 Å². The standard InChI is InChI=1S/C22H30FN3O6/c1-21(2,3)8-7-15(31-20(24)29)18(27)26-17-19(28)25-14-6-4-5-13(23)16(14)32-22(17)9-11-30-12-10-22/h4-6,15,17H,7-12H2,1-3H3,(H2,24,29)(H,25,28)(H,26,27)/t15-,17?/m0/s1. The summed E-state index contributed by atoms with van der Waals surface area (Å²) in [5.41, 5.74) is 3.99. The van der Waals surface area contributed by atoms with Crippen LogP contribution >= 0.6 is 0 Å². The van der Waals surface area contributed by atoms with Gasteiger partial charge in [0.2, 0.25) is 0 Å². The van der Waals surface area contributed by atoms with Gasteiger partial charge in [-0.1, -0.05) is 26.8 Å². The molecule has 2 aliphatic heterocycles. The number of halogens is 1. The van der Waals surface area contributed by atoms with Gasteiger partial charge in [0.15, 0.2) is 17.7 Å². The third-order valence-corrected chi connectivity index (χ3v) is 5.65. The Bertz CT molecular complexity index is 879. The Morgan fingerprint density at radius 3 is 2.66 bits per heavy atom. The van der Waals surface area contributed by atoms with E-state index in [9.17, 15) is 18.8 Å². The molecule has 10 heteroatoms. The fraction of sp³-hybridized carbons (Fsp3) is 0.591. The number of hydrogen-bond donors (Lipinski definition) is 3. The maximum atomic E-state index is 14.5. The molecule has 0 aliphatic carbocycles. The van der Waals surface area contributed by atoms with Crippen LogP contribution in [0, 0.1) is 11.2 Å². The van der Waals surface area contributed by atoms with Crippen LogP contribution in [0.25, 0.3) is 0 Å². The van der Waals surface area contributed by atoms with Gasteiger partial charge in [-0.3, -0.25) is 9.59 Å². The van der Waals surface area contributed by atoms with E-state index >= 15 is 0 Å². The van der Waals surface area contributed by atoms with Crippen LogP contribution in [0.3, 0.4) is 0 Å². The molecule has 0 radical (unpaired) electrons. The lowest BCUT2D eigenvalue weighted by atomic mass is 9.84. The zero-order valence-electron chi connectivity index (χ0n) is 18.5. The lowest BCUT2D eigenvalue weighted by Gasteiger charge is -2.41. The monoisotopic (exact) mass is 451 g/mol. The first kappa shape index (κ1) is 23.8. The quantitative estimate of drug-likeness (QED) is 0.631. The van der Waals surface area contributed by atoms with Crippen LogP contribution in [-0.4, -0.2) is 48.9 Å². The number of para-hydroxylation sites is 1. The Kier molecular flexibility index (Phi) is 6.92. The van der Waals surface area contributed by atoms with Crippen LogP contribution in [-0.2, 0) is 19.1 Å². The predicted octanol–water partition coefficient (Wildman–Crippen LogP) is 2.48. The lowest BCUT2D eigenvalue weighted by Crippen LogP contribution is -2.63. The molecular weight excluding hydrogens is 421 g/mol. The Morgan fingerprint density at radius 1 is 1.34 bits per heavy atom. The third kappa shape index (κ3) is 5.48. The molecule has 3 rings (SSSR count). The molecule has 3 amide bonds. The minimum atomic E-state index is -1.23. The highest BCUT2D eigenvalue weighted by atomic mass is 19.1. The van der Waals surface area contributed by atoms with Crippen molar-refractivity contribution < 1.29 is 33.0 Å². The Morgan fingerprint density at radius 2 is 2.03 bits per heavy atom. The highest BCUT2D eigenvalue weighted by Crippen LogP contribution is 2.40. The maximum Gasteiger partial charge on any atom is 0.405 e. The summed E-state index contributed by atoms with van der Waals surface area (Å²) in [5.74, 6) is -1.94. The van der Waals surface area contributed by atoms with Crippen molar-refractivity contribution in [3.63, 3.8) is 0 Å². The van der Waals surface area contributed by atoms with Crippen LogP contribution < -0.4 is 21.1 Å². The maximum absolute atomic E-state index is 14.5. The van der Waals surface area contributed by atoms with Gasteiger partial charge in [-0.2, -0.15) is 0 Å². The van der Waals surface area contributed by atoms with Gasteiger partial charge in [-0.25, -0.2) is 9.18 Å². The van der Waals surface area contributed by atoms with Crippen LogP contribution in [0.5, 0.6) is 5.75 Å². The van der Waals surface area contributed by atoms with Gasteiger partial charge >= 0.3 is 6.09 Å². The van der Waals surface area contributed by atoms with Crippen molar-refractivity contribution in [2.45, 2.75) is 64.2 Å². The van der Waals surface area contributed by atoms with Crippen molar-refractivity contribution in [1.82, 2.24) is 5.32 Å². The van der Waals surface area contributed by atoms with Gasteiger partial charge < -0.3 is 30.6 Å². The number of benzene rings is 1. The van der Waals surface area contributed by atoms with Gasteiger partial charge in [0.05, 0.1) is 18.9 Å². The first-order valence-electron chi connectivity index (χ1n) is 10.6. The van der Waals surface area contributed by atoms with E-state index in [-0.39, 0.29) is 49.3 Å². The molecule has 2 aliphatic rings. The minimum absolute atomic E-state index is 0.0860. The second-order valence-electron chi connectivity index (χ2n) is 9.35. The van der Waals surface area contributed by atoms with Crippen molar-refractivity contribution in [2.75, 3.05) is 18.5 Å². The highest BCUT2D eigenvalue weighted by Gasteiger charge is 2.50. The van der Waals surface area contributed by atoms with E-state index in [1.807, 2.05) is 20.8 Å². The fourth-order valence-corrected chi connectivity index (χ4v) is 3.90. The second kappa shape index (κ2) is 9.32. The molecule has 32 heavy (non-hydrogen) atoms. The topological polar surface area (TPSA) is 129 Å². The molecule has 1 aromatic rings. The second-order valence-corrected chi connectivity index (χ2v) is 9.35. The molecule has 1 spiro atoms. The van der Waals surface area contributed by atoms with Crippen LogP contribution in [0.15, 0.2) is 18.2 Å². The van der Waals surface area contributed by atoms with Gasteiger partial charge in [0.1, 0.15) is 11.6 Å². The largest absolute Gasteiger partial charge is 0.479 e. The van der Waals surface area contributed by atoms with E-state index in [2.05, 4.69) is 10.6 Å². The van der Waals surface area contributed by atoms with Crippen molar-refractivity contribution >= 4 is 23.6 Å². The first-order chi connectivity index (χ1) is 15.0. The van der Waals surface area contributed by atoms with E-state index in [0.29, 0.717) is 6.42 Å². The number of hydrogen-bond acceptors (Lipinski definition) is 6. The number of carbonyl (C=O) groups is 3. The predicted molar refractivity (Wildman–Crippen MR) is 114 cm³/mol. The van der Waals surface area contributed by atoms with Crippen molar-refractivity contribution in [3.8, 4) is 5.75 Å². The SMILES string of the molecule is CC(C)(C)CC[C@H](OC(N)=O)C(=O)NC1C(=O)Nc2cccc(F)c2OC12CCOCC2. The molecule has 176 valence electrons. The van der Waals surface area contributed by atoms with Crippen molar-refractivity contribution in [3.05, 3.63) is 24.0 Å². The minimum Gasteiger partial charge on any atom is -0.479 e. The molecule has 2 atom stereocenters. The van der Waals surface area contributed by atoms with E-state index in [0.717, 1.165) is 0 Å². The van der Waals surface area contributed by atoms with E-state index < -0.39 is 41.5 Å². The third-order valence-electron chi connectivity index (χ3n) is 5.65. The molecular formula is C22H30FN3O6. The molecule has 0 aromatic heterocycles. The van der Waals surface area contributed by atoms with E-state index in [1.165, 1.54) is 18.2 Å². The highest BCUT2D eigenvalue weighted by molar-refractivity contribution is 6.00. The number of rotatable bonds is 5. The average molecular weight is 451 g/mol. The number of primary amides is 1. The van der Waals surface area contributed by atoms with Crippen molar-refractivity contribution in [1.29, 1.82) is 0 Å². The Labute approximate surface area is 186 Å². The summed E-state index contributed by atoms with van der Waals surface area (Å²) >= 11 is 0. The number of amides is 3. The molecule has 1 saturated heterocycles. The molecule has 1 aromatic carbocycles. The normalized spacial score (nSPS) is 20.9. The summed E-state index contributed by atoms with van der Waals surface area (Å²) in [7, 11) is 0. The van der Waals surface area contributed by atoms with Crippen LogP contribution in [0.4, 0.5) is 14.9 Å².